The van der Waals surface area contributed by atoms with Crippen molar-refractivity contribution in [2.45, 2.75) is 25.5 Å². The molecule has 0 heterocycles. The summed E-state index contributed by atoms with van der Waals surface area (Å²) in [5.41, 5.74) is 1.16. The second kappa shape index (κ2) is 8.79. The second-order valence-corrected chi connectivity index (χ2v) is 4.81. The van der Waals surface area contributed by atoms with Crippen molar-refractivity contribution in [1.29, 1.82) is 0 Å². The minimum atomic E-state index is -0.479. The fraction of sp³-hybridized carbons (Fsp3) is 0.600. The van der Waals surface area contributed by atoms with Crippen LogP contribution in [0.5, 0.6) is 11.5 Å². The van der Waals surface area contributed by atoms with E-state index in [2.05, 4.69) is 12.2 Å². The number of benzene rings is 1. The number of aliphatic hydroxyl groups excluding tert-OH is 1. The van der Waals surface area contributed by atoms with Gasteiger partial charge < -0.3 is 24.6 Å². The van der Waals surface area contributed by atoms with Gasteiger partial charge in [-0.15, -0.1) is 0 Å². The number of hydrogen-bond acceptors (Lipinski definition) is 5. The van der Waals surface area contributed by atoms with Gasteiger partial charge in [0.05, 0.1) is 26.9 Å². The van der Waals surface area contributed by atoms with Gasteiger partial charge in [0.15, 0.2) is 11.5 Å². The molecule has 5 nitrogen and oxygen atoms in total. The highest BCUT2D eigenvalue weighted by Gasteiger charge is 2.10. The predicted octanol–water partition coefficient (Wildman–Crippen LogP) is 1.23. The zero-order valence-electron chi connectivity index (χ0n) is 12.7. The molecular formula is C15H25NO4. The molecule has 1 aromatic carbocycles. The summed E-state index contributed by atoms with van der Waals surface area (Å²) in [6.07, 6.45) is 0.368. The van der Waals surface area contributed by atoms with Crippen LogP contribution in [0, 0.1) is 0 Å². The standard InChI is InChI=1S/C15H25NO4/c1-11(16-9-13(17)10-18-2)7-12-5-6-14(19-3)15(8-12)20-4/h5-6,8,11,13,16-17H,7,9-10H2,1-4H3. The van der Waals surface area contributed by atoms with Crippen LogP contribution in [0.25, 0.3) is 0 Å². The molecule has 0 aliphatic rings. The first kappa shape index (κ1) is 16.8. The van der Waals surface area contributed by atoms with Gasteiger partial charge in [-0.2, -0.15) is 0 Å². The molecule has 0 saturated heterocycles. The van der Waals surface area contributed by atoms with Crippen molar-refractivity contribution in [3.05, 3.63) is 23.8 Å². The van der Waals surface area contributed by atoms with E-state index < -0.39 is 6.10 Å². The number of hydrogen-bond donors (Lipinski definition) is 2. The van der Waals surface area contributed by atoms with Gasteiger partial charge in [-0.25, -0.2) is 0 Å². The molecule has 0 amide bonds. The second-order valence-electron chi connectivity index (χ2n) is 4.81. The highest BCUT2D eigenvalue weighted by Crippen LogP contribution is 2.27. The van der Waals surface area contributed by atoms with Gasteiger partial charge in [0.25, 0.3) is 0 Å². The fourth-order valence-corrected chi connectivity index (χ4v) is 2.02. The van der Waals surface area contributed by atoms with Crippen LogP contribution in [0.2, 0.25) is 0 Å². The molecule has 114 valence electrons. The average molecular weight is 283 g/mol. The molecule has 1 aromatic rings. The summed E-state index contributed by atoms with van der Waals surface area (Å²) in [5, 5.41) is 12.9. The lowest BCUT2D eigenvalue weighted by molar-refractivity contribution is 0.0631. The van der Waals surface area contributed by atoms with Crippen LogP contribution in [-0.2, 0) is 11.2 Å². The van der Waals surface area contributed by atoms with Gasteiger partial charge in [0.2, 0.25) is 0 Å². The summed E-state index contributed by atoms with van der Waals surface area (Å²) < 4.78 is 15.4. The maximum absolute atomic E-state index is 9.59. The lowest BCUT2D eigenvalue weighted by atomic mass is 10.1. The van der Waals surface area contributed by atoms with E-state index in [1.54, 1.807) is 21.3 Å². The molecule has 1 rings (SSSR count). The third-order valence-corrected chi connectivity index (χ3v) is 3.05. The molecule has 0 aromatic heterocycles. The maximum atomic E-state index is 9.59. The Labute approximate surface area is 120 Å². The molecule has 2 N–H and O–H groups in total. The molecule has 0 saturated carbocycles. The molecular weight excluding hydrogens is 258 g/mol. The zero-order chi connectivity index (χ0) is 15.0. The Hall–Kier alpha value is -1.30. The van der Waals surface area contributed by atoms with Crippen molar-refractivity contribution < 1.29 is 19.3 Å². The average Bonchev–Trinajstić information content (AvgIpc) is 2.45. The monoisotopic (exact) mass is 283 g/mol. The van der Waals surface area contributed by atoms with Crippen molar-refractivity contribution in [2.75, 3.05) is 34.5 Å². The normalized spacial score (nSPS) is 13.8. The summed E-state index contributed by atoms with van der Waals surface area (Å²) in [7, 11) is 4.83. The number of ether oxygens (including phenoxy) is 3. The summed E-state index contributed by atoms with van der Waals surface area (Å²) in [6.45, 7) is 2.94. The highest BCUT2D eigenvalue weighted by molar-refractivity contribution is 5.43. The number of aliphatic hydroxyl groups is 1. The van der Waals surface area contributed by atoms with E-state index >= 15 is 0 Å². The highest BCUT2D eigenvalue weighted by atomic mass is 16.5. The SMILES string of the molecule is COCC(O)CNC(C)Cc1ccc(OC)c(OC)c1. The van der Waals surface area contributed by atoms with Crippen LogP contribution in [0.15, 0.2) is 18.2 Å². The van der Waals surface area contributed by atoms with E-state index in [4.69, 9.17) is 14.2 Å². The van der Waals surface area contributed by atoms with Crippen molar-refractivity contribution in [3.8, 4) is 11.5 Å². The van der Waals surface area contributed by atoms with Gasteiger partial charge in [-0.05, 0) is 31.0 Å². The first-order valence-corrected chi connectivity index (χ1v) is 6.72. The molecule has 0 radical (unpaired) electrons. The van der Waals surface area contributed by atoms with Crippen molar-refractivity contribution in [3.63, 3.8) is 0 Å². The van der Waals surface area contributed by atoms with Crippen LogP contribution in [-0.4, -0.2) is 51.7 Å². The van der Waals surface area contributed by atoms with E-state index in [-0.39, 0.29) is 6.04 Å². The molecule has 0 aliphatic heterocycles. The van der Waals surface area contributed by atoms with Crippen LogP contribution >= 0.6 is 0 Å². The van der Waals surface area contributed by atoms with Crippen molar-refractivity contribution in [1.82, 2.24) is 5.32 Å². The molecule has 5 heteroatoms. The van der Waals surface area contributed by atoms with E-state index in [1.165, 1.54) is 0 Å². The summed E-state index contributed by atoms with van der Waals surface area (Å²) in [4.78, 5) is 0. The number of methoxy groups -OCH3 is 3. The Balaban J connectivity index is 2.51. The minimum absolute atomic E-state index is 0.250. The largest absolute Gasteiger partial charge is 0.493 e. The lowest BCUT2D eigenvalue weighted by Crippen LogP contribution is -2.36. The predicted molar refractivity (Wildman–Crippen MR) is 78.6 cm³/mol. The van der Waals surface area contributed by atoms with Gasteiger partial charge in [0, 0.05) is 19.7 Å². The van der Waals surface area contributed by atoms with Crippen LogP contribution in [0.3, 0.4) is 0 Å². The van der Waals surface area contributed by atoms with Gasteiger partial charge in [0.1, 0.15) is 0 Å². The van der Waals surface area contributed by atoms with E-state index in [0.29, 0.717) is 13.2 Å². The summed E-state index contributed by atoms with van der Waals surface area (Å²) in [5.74, 6) is 1.46. The molecule has 20 heavy (non-hydrogen) atoms. The topological polar surface area (TPSA) is 60.0 Å². The van der Waals surface area contributed by atoms with Crippen LogP contribution in [0.1, 0.15) is 12.5 Å². The molecule has 0 aliphatic carbocycles. The van der Waals surface area contributed by atoms with Crippen LogP contribution in [0.4, 0.5) is 0 Å². The number of nitrogens with one attached hydrogen (secondary N) is 1. The van der Waals surface area contributed by atoms with E-state index in [0.717, 1.165) is 23.5 Å². The smallest absolute Gasteiger partial charge is 0.160 e. The third kappa shape index (κ3) is 5.36. The van der Waals surface area contributed by atoms with Gasteiger partial charge in [-0.1, -0.05) is 6.07 Å². The van der Waals surface area contributed by atoms with Crippen molar-refractivity contribution >= 4 is 0 Å². The fourth-order valence-electron chi connectivity index (χ4n) is 2.02. The quantitative estimate of drug-likeness (QED) is 0.714. The molecule has 0 fully saturated rings. The summed E-state index contributed by atoms with van der Waals surface area (Å²) in [6, 6.07) is 6.15. The number of rotatable bonds is 9. The molecule has 0 spiro atoms. The van der Waals surface area contributed by atoms with E-state index in [1.807, 2.05) is 18.2 Å². The Morgan fingerprint density at radius 3 is 2.45 bits per heavy atom. The molecule has 2 unspecified atom stereocenters. The maximum Gasteiger partial charge on any atom is 0.160 e. The Morgan fingerprint density at radius 2 is 1.85 bits per heavy atom. The third-order valence-electron chi connectivity index (χ3n) is 3.05. The van der Waals surface area contributed by atoms with Crippen molar-refractivity contribution in [2.24, 2.45) is 0 Å². The summed E-state index contributed by atoms with van der Waals surface area (Å²) >= 11 is 0. The zero-order valence-corrected chi connectivity index (χ0v) is 12.7. The van der Waals surface area contributed by atoms with Crippen LogP contribution < -0.4 is 14.8 Å². The molecule has 0 bridgehead atoms. The minimum Gasteiger partial charge on any atom is -0.493 e. The lowest BCUT2D eigenvalue weighted by Gasteiger charge is -2.17. The van der Waals surface area contributed by atoms with Gasteiger partial charge >= 0.3 is 0 Å². The molecule has 2 atom stereocenters. The van der Waals surface area contributed by atoms with Gasteiger partial charge in [-0.3, -0.25) is 0 Å². The Kier molecular flexibility index (Phi) is 7.36. The first-order chi connectivity index (χ1) is 9.60. The Bertz CT molecular complexity index is 397. The first-order valence-electron chi connectivity index (χ1n) is 6.72. The Morgan fingerprint density at radius 1 is 1.15 bits per heavy atom. The van der Waals surface area contributed by atoms with E-state index in [9.17, 15) is 5.11 Å².